The van der Waals surface area contributed by atoms with Crippen LogP contribution in [0.5, 0.6) is 11.5 Å². The van der Waals surface area contributed by atoms with Gasteiger partial charge >= 0.3 is 0 Å². The number of methoxy groups -OCH3 is 1. The van der Waals surface area contributed by atoms with Crippen molar-refractivity contribution in [1.82, 2.24) is 35.6 Å². The van der Waals surface area contributed by atoms with E-state index in [0.29, 0.717) is 60.5 Å². The van der Waals surface area contributed by atoms with Crippen LogP contribution in [0.15, 0.2) is 65.7 Å². The maximum Gasteiger partial charge on any atom is 0.266 e. The zero-order valence-electron chi connectivity index (χ0n) is 32.0. The maximum absolute atomic E-state index is 13.6. The Hall–Kier alpha value is -6.42. The molecular weight excluding hydrogens is 768 g/mol. The van der Waals surface area contributed by atoms with Gasteiger partial charge in [-0.25, -0.2) is 0 Å². The Kier molecular flexibility index (Phi) is 11.6. The fraction of sp³-hybridized carbons (Fsp3) is 0.341. The third-order valence-corrected chi connectivity index (χ3v) is 10.6. The first-order chi connectivity index (χ1) is 28.0. The van der Waals surface area contributed by atoms with Crippen LogP contribution in [-0.4, -0.2) is 93.7 Å². The summed E-state index contributed by atoms with van der Waals surface area (Å²) in [7, 11) is 1.60. The Morgan fingerprint density at radius 1 is 0.948 bits per heavy atom. The van der Waals surface area contributed by atoms with Crippen molar-refractivity contribution in [2.24, 2.45) is 10.9 Å². The highest BCUT2D eigenvalue weighted by Crippen LogP contribution is 2.37. The van der Waals surface area contributed by atoms with Crippen molar-refractivity contribution in [2.45, 2.75) is 58.0 Å². The lowest BCUT2D eigenvalue weighted by Gasteiger charge is -2.27. The number of ether oxygens (including phenoxy) is 2. The van der Waals surface area contributed by atoms with Crippen LogP contribution in [-0.2, 0) is 19.2 Å². The highest BCUT2D eigenvalue weighted by atomic mass is 35.5. The zero-order valence-corrected chi connectivity index (χ0v) is 32.8. The fourth-order valence-corrected chi connectivity index (χ4v) is 7.43. The molecule has 0 spiro atoms. The molecule has 0 saturated carbocycles. The number of piperidine rings is 1. The van der Waals surface area contributed by atoms with Crippen LogP contribution in [0.25, 0.3) is 5.69 Å². The molecule has 0 radical (unpaired) electrons. The SMILES string of the molecule is COc1ccc2c(c1)C(c1ccc(Cl)cc1)=NC(C(C)C(=O)NCCCCCNC(=O)COc1cccc3c1C(=O)N(C1CCC(=O)NC1=O)C3=O)c1nnc(C)n1-2. The summed E-state index contributed by atoms with van der Waals surface area (Å²) in [5, 5.41) is 17.4. The van der Waals surface area contributed by atoms with Gasteiger partial charge in [0, 0.05) is 35.7 Å². The van der Waals surface area contributed by atoms with Gasteiger partial charge in [0.05, 0.1) is 35.6 Å². The number of carbonyl (C=O) groups is 6. The van der Waals surface area contributed by atoms with E-state index in [4.69, 9.17) is 26.1 Å². The first kappa shape index (κ1) is 39.8. The number of hydrogen-bond donors (Lipinski definition) is 3. The van der Waals surface area contributed by atoms with E-state index in [1.54, 1.807) is 19.2 Å². The van der Waals surface area contributed by atoms with Gasteiger partial charge in [-0.15, -0.1) is 10.2 Å². The summed E-state index contributed by atoms with van der Waals surface area (Å²) in [6, 6.07) is 15.8. The monoisotopic (exact) mass is 808 g/mol. The van der Waals surface area contributed by atoms with Crippen LogP contribution >= 0.6 is 11.6 Å². The molecule has 3 atom stereocenters. The Morgan fingerprint density at radius 3 is 2.45 bits per heavy atom. The van der Waals surface area contributed by atoms with Gasteiger partial charge in [-0.05, 0) is 75.1 Å². The number of imide groups is 2. The number of unbranched alkanes of at least 4 members (excludes halogenated alkanes) is 2. The van der Waals surface area contributed by atoms with Gasteiger partial charge in [0.2, 0.25) is 17.7 Å². The van der Waals surface area contributed by atoms with E-state index >= 15 is 0 Å². The minimum Gasteiger partial charge on any atom is -0.497 e. The Bertz CT molecular complexity index is 2340. The molecule has 3 aromatic carbocycles. The van der Waals surface area contributed by atoms with Crippen molar-refractivity contribution in [2.75, 3.05) is 26.8 Å². The zero-order chi connectivity index (χ0) is 41.1. The van der Waals surface area contributed by atoms with Crippen molar-refractivity contribution in [1.29, 1.82) is 0 Å². The number of amides is 6. The molecule has 17 heteroatoms. The normalized spacial score (nSPS) is 17.7. The number of rotatable bonds is 14. The first-order valence-corrected chi connectivity index (χ1v) is 19.3. The number of halogens is 1. The average Bonchev–Trinajstić information content (AvgIpc) is 3.66. The molecule has 1 fully saturated rings. The van der Waals surface area contributed by atoms with Gasteiger partial charge in [0.15, 0.2) is 12.4 Å². The van der Waals surface area contributed by atoms with Gasteiger partial charge in [0.1, 0.15) is 29.4 Å². The third-order valence-electron chi connectivity index (χ3n) is 10.4. The summed E-state index contributed by atoms with van der Waals surface area (Å²) in [6.07, 6.45) is 2.03. The number of aryl methyl sites for hydroxylation is 1. The average molecular weight is 809 g/mol. The van der Waals surface area contributed by atoms with E-state index in [-0.39, 0.29) is 35.6 Å². The van der Waals surface area contributed by atoms with E-state index < -0.39 is 54.1 Å². The predicted octanol–water partition coefficient (Wildman–Crippen LogP) is 3.65. The van der Waals surface area contributed by atoms with E-state index in [1.807, 2.05) is 48.7 Å². The number of hydrogen-bond acceptors (Lipinski definition) is 11. The lowest BCUT2D eigenvalue weighted by Crippen LogP contribution is -2.54. The van der Waals surface area contributed by atoms with E-state index in [2.05, 4.69) is 26.1 Å². The lowest BCUT2D eigenvalue weighted by molar-refractivity contribution is -0.136. The lowest BCUT2D eigenvalue weighted by atomic mass is 9.98. The quantitative estimate of drug-likeness (QED) is 0.125. The largest absolute Gasteiger partial charge is 0.497 e. The van der Waals surface area contributed by atoms with Gasteiger partial charge in [-0.3, -0.25) is 48.5 Å². The number of nitrogens with one attached hydrogen (secondary N) is 3. The van der Waals surface area contributed by atoms with Crippen LogP contribution in [0, 0.1) is 12.8 Å². The number of fused-ring (bicyclic) bond motifs is 4. The van der Waals surface area contributed by atoms with Gasteiger partial charge < -0.3 is 20.1 Å². The summed E-state index contributed by atoms with van der Waals surface area (Å²) in [4.78, 5) is 82.6. The number of benzene rings is 3. The third kappa shape index (κ3) is 7.92. The van der Waals surface area contributed by atoms with Crippen LogP contribution in [0.1, 0.15) is 88.6 Å². The standard InChI is InChI=1S/C41H41ClN8O8/c1-22(35-37-48-47-23(2)49(37)29-15-14-26(57-3)20-28(29)36(46-35)24-10-12-25(42)13-11-24)38(53)44-19-6-4-5-18-43-33(52)21-58-31-9-7-8-27-34(31)41(56)50(40(27)55)30-16-17-32(51)45-39(30)54/h7-15,20,22,30,35H,4-6,16-19,21H2,1-3H3,(H,43,52)(H,44,53)(H,45,51,54). The second-order valence-corrected chi connectivity index (χ2v) is 14.6. The topological polar surface area (TPSA) is 203 Å². The van der Waals surface area contributed by atoms with Crippen LogP contribution in [0.4, 0.5) is 0 Å². The number of aliphatic imine (C=N–C) groups is 1. The molecule has 58 heavy (non-hydrogen) atoms. The molecule has 3 N–H and O–H groups in total. The Balaban J connectivity index is 0.903. The molecular formula is C41H41ClN8O8. The van der Waals surface area contributed by atoms with E-state index in [0.717, 1.165) is 21.7 Å². The molecule has 0 aliphatic carbocycles. The van der Waals surface area contributed by atoms with Crippen molar-refractivity contribution < 1.29 is 38.2 Å². The minimum atomic E-state index is -1.11. The van der Waals surface area contributed by atoms with E-state index in [1.165, 1.54) is 18.2 Å². The molecule has 1 saturated heterocycles. The molecule has 300 valence electrons. The summed E-state index contributed by atoms with van der Waals surface area (Å²) >= 11 is 6.22. The summed E-state index contributed by atoms with van der Waals surface area (Å²) in [6.45, 7) is 4.03. The Labute approximate surface area is 338 Å². The minimum absolute atomic E-state index is 0.00254. The predicted molar refractivity (Wildman–Crippen MR) is 210 cm³/mol. The molecule has 6 amide bonds. The van der Waals surface area contributed by atoms with E-state index in [9.17, 15) is 28.8 Å². The highest BCUT2D eigenvalue weighted by molar-refractivity contribution is 6.30. The molecule has 3 unspecified atom stereocenters. The number of aromatic nitrogens is 3. The molecule has 4 aromatic rings. The molecule has 3 aliphatic heterocycles. The first-order valence-electron chi connectivity index (χ1n) is 18.9. The summed E-state index contributed by atoms with van der Waals surface area (Å²) in [5.74, 6) is -1.91. The van der Waals surface area contributed by atoms with Gasteiger partial charge in [-0.2, -0.15) is 0 Å². The maximum atomic E-state index is 13.6. The molecule has 0 bridgehead atoms. The molecule has 16 nitrogen and oxygen atoms in total. The number of nitrogens with zero attached hydrogens (tertiary/aromatic N) is 5. The molecule has 1 aromatic heterocycles. The van der Waals surface area contributed by atoms with Crippen LogP contribution in [0.3, 0.4) is 0 Å². The number of carbonyl (C=O) groups excluding carboxylic acids is 6. The second-order valence-electron chi connectivity index (χ2n) is 14.2. The Morgan fingerprint density at radius 2 is 1.71 bits per heavy atom. The van der Waals surface area contributed by atoms with Crippen molar-refractivity contribution in [3.63, 3.8) is 0 Å². The van der Waals surface area contributed by atoms with Crippen LogP contribution in [0.2, 0.25) is 5.02 Å². The molecule has 7 rings (SSSR count). The van der Waals surface area contributed by atoms with Crippen molar-refractivity contribution in [3.05, 3.63) is 99.6 Å². The van der Waals surface area contributed by atoms with Crippen LogP contribution < -0.4 is 25.4 Å². The smallest absolute Gasteiger partial charge is 0.266 e. The molecule has 4 heterocycles. The van der Waals surface area contributed by atoms with Crippen molar-refractivity contribution >= 4 is 52.8 Å². The van der Waals surface area contributed by atoms with Gasteiger partial charge in [-0.1, -0.05) is 36.7 Å². The summed E-state index contributed by atoms with van der Waals surface area (Å²) < 4.78 is 13.1. The molecule has 3 aliphatic rings. The van der Waals surface area contributed by atoms with Gasteiger partial charge in [0.25, 0.3) is 17.7 Å². The van der Waals surface area contributed by atoms with Crippen molar-refractivity contribution in [3.8, 4) is 17.2 Å². The highest BCUT2D eigenvalue weighted by Gasteiger charge is 2.46. The summed E-state index contributed by atoms with van der Waals surface area (Å²) in [5.41, 5.74) is 3.13. The second kappa shape index (κ2) is 17.0. The fourth-order valence-electron chi connectivity index (χ4n) is 7.30.